The van der Waals surface area contributed by atoms with E-state index < -0.39 is 52.6 Å². The van der Waals surface area contributed by atoms with E-state index in [4.69, 9.17) is 11.6 Å². The molecule has 3 aliphatic heterocycles. The second-order valence-corrected chi connectivity index (χ2v) is 9.50. The van der Waals surface area contributed by atoms with Gasteiger partial charge in [0.2, 0.25) is 17.4 Å². The maximum atomic E-state index is 12.7. The highest BCUT2D eigenvalue weighted by molar-refractivity contribution is 8.00. The van der Waals surface area contributed by atoms with Gasteiger partial charge < -0.3 is 29.4 Å². The third kappa shape index (κ3) is 4.28. The summed E-state index contributed by atoms with van der Waals surface area (Å²) in [6.07, 6.45) is 2.22. The van der Waals surface area contributed by atoms with Gasteiger partial charge in [-0.3, -0.25) is 14.4 Å². The zero-order valence-electron chi connectivity index (χ0n) is 16.8. The molecule has 3 saturated heterocycles. The van der Waals surface area contributed by atoms with Gasteiger partial charge in [0.15, 0.2) is 0 Å². The van der Waals surface area contributed by atoms with Gasteiger partial charge in [-0.15, -0.1) is 23.4 Å². The molecule has 2 amide bonds. The fraction of sp³-hybridized carbons (Fsp3) is 0.722. The van der Waals surface area contributed by atoms with E-state index in [0.29, 0.717) is 12.3 Å². The molecule has 4 atom stereocenters. The monoisotopic (exact) mass is 460 g/mol. The van der Waals surface area contributed by atoms with Gasteiger partial charge in [-0.2, -0.15) is 0 Å². The first-order valence-corrected chi connectivity index (χ1v) is 11.3. The molecule has 0 saturated carbocycles. The number of Topliss-reactive ketones (excluding diaryl/α,β-unsaturated/α-hetero) is 1. The molecule has 3 aliphatic rings. The number of oxime groups is 1. The lowest BCUT2D eigenvalue weighted by molar-refractivity contribution is -0.900. The second kappa shape index (κ2) is 9.11. The van der Waals surface area contributed by atoms with Gasteiger partial charge in [-0.25, -0.2) is 0 Å². The third-order valence-electron chi connectivity index (χ3n) is 5.94. The van der Waals surface area contributed by atoms with Crippen LogP contribution in [0.2, 0.25) is 0 Å². The predicted octanol–water partition coefficient (Wildman–Crippen LogP) is -1.83. The summed E-state index contributed by atoms with van der Waals surface area (Å²) in [6, 6.07) is -1.99. The number of carboxylic acid groups (broad SMARTS) is 1. The lowest BCUT2D eigenvalue weighted by atomic mass is 9.92. The van der Waals surface area contributed by atoms with Crippen molar-refractivity contribution in [1.82, 2.24) is 10.2 Å². The highest BCUT2D eigenvalue weighted by atomic mass is 35.5. The Labute approximate surface area is 183 Å². The average molecular weight is 461 g/mol. The van der Waals surface area contributed by atoms with Crippen LogP contribution in [0.1, 0.15) is 12.8 Å². The van der Waals surface area contributed by atoms with Crippen LogP contribution in [0.4, 0.5) is 0 Å². The molecular weight excluding hydrogens is 436 g/mol. The summed E-state index contributed by atoms with van der Waals surface area (Å²) >= 11 is 6.91. The van der Waals surface area contributed by atoms with Crippen LogP contribution in [0.5, 0.6) is 0 Å². The minimum Gasteiger partial charge on any atom is -0.548 e. The van der Waals surface area contributed by atoms with Crippen LogP contribution < -0.4 is 10.4 Å². The van der Waals surface area contributed by atoms with Crippen molar-refractivity contribution in [2.24, 2.45) is 11.1 Å². The summed E-state index contributed by atoms with van der Waals surface area (Å²) in [6.45, 7) is 2.65. The number of hydrogen-bond donors (Lipinski definition) is 1. The largest absolute Gasteiger partial charge is 0.548 e. The summed E-state index contributed by atoms with van der Waals surface area (Å²) in [5, 5.41) is 17.2. The number of fused-ring (bicyclic) bond motifs is 1. The van der Waals surface area contributed by atoms with Crippen LogP contribution in [-0.4, -0.2) is 102 Å². The normalized spacial score (nSPS) is 30.3. The number of ketones is 1. The quantitative estimate of drug-likeness (QED) is 0.113. The van der Waals surface area contributed by atoms with E-state index in [1.54, 1.807) is 0 Å². The smallest absolute Gasteiger partial charge is 0.277 e. The van der Waals surface area contributed by atoms with E-state index in [9.17, 15) is 24.3 Å². The molecule has 0 aliphatic carbocycles. The highest BCUT2D eigenvalue weighted by Gasteiger charge is 2.57. The number of carbonyl (C=O) groups excluding carboxylic acids is 4. The molecule has 4 unspecified atom stereocenters. The van der Waals surface area contributed by atoms with Crippen molar-refractivity contribution in [3.63, 3.8) is 0 Å². The first kappa shape index (κ1) is 22.8. The molecule has 0 bridgehead atoms. The zero-order chi connectivity index (χ0) is 22.1. The van der Waals surface area contributed by atoms with Gasteiger partial charge in [0, 0.05) is 24.5 Å². The van der Waals surface area contributed by atoms with Gasteiger partial charge in [0.1, 0.15) is 18.5 Å². The van der Waals surface area contributed by atoms with Gasteiger partial charge in [-0.1, -0.05) is 5.16 Å². The van der Waals surface area contributed by atoms with E-state index >= 15 is 0 Å². The van der Waals surface area contributed by atoms with Crippen LogP contribution in [0.25, 0.3) is 0 Å². The Kier molecular flexibility index (Phi) is 6.93. The minimum absolute atomic E-state index is 0.233. The Balaban J connectivity index is 1.71. The van der Waals surface area contributed by atoms with Crippen LogP contribution >= 0.6 is 23.4 Å². The predicted molar refractivity (Wildman–Crippen MR) is 107 cm³/mol. The number of likely N-dealkylation sites (tertiary alicyclic amines) is 1. The summed E-state index contributed by atoms with van der Waals surface area (Å²) in [5.41, 5.74) is -0.541. The lowest BCUT2D eigenvalue weighted by Gasteiger charge is -2.56. The number of rotatable bonds is 8. The van der Waals surface area contributed by atoms with Gasteiger partial charge in [0.25, 0.3) is 5.91 Å². The Bertz CT molecular complexity index is 772. The maximum Gasteiger partial charge on any atom is 0.277 e. The number of β-lactam (4-membered cyclic amide) rings is 1. The molecule has 0 spiro atoms. The van der Waals surface area contributed by atoms with E-state index in [0.717, 1.165) is 30.4 Å². The highest BCUT2D eigenvalue weighted by Crippen LogP contribution is 2.41. The van der Waals surface area contributed by atoms with E-state index in [2.05, 4.69) is 22.4 Å². The molecular formula is C18H25ClN4O6S. The number of quaternary nitrogens is 1. The Hall–Kier alpha value is -1.85. The zero-order valence-corrected chi connectivity index (χ0v) is 18.4. The number of carbonyl (C=O) groups is 4. The van der Waals surface area contributed by atoms with Gasteiger partial charge >= 0.3 is 0 Å². The number of nitrogens with one attached hydrogen (secondary N) is 1. The third-order valence-corrected chi connectivity index (χ3v) is 7.64. The number of carboxylic acids is 1. The number of amides is 2. The molecule has 3 rings (SSSR count). The van der Waals surface area contributed by atoms with Crippen molar-refractivity contribution in [3.05, 3.63) is 0 Å². The van der Waals surface area contributed by atoms with Crippen molar-refractivity contribution in [2.45, 2.75) is 30.3 Å². The first-order chi connectivity index (χ1) is 14.2. The Morgan fingerprint density at radius 1 is 1.37 bits per heavy atom. The van der Waals surface area contributed by atoms with E-state index in [-0.39, 0.29) is 5.92 Å². The Morgan fingerprint density at radius 3 is 2.60 bits per heavy atom. The molecule has 0 aromatic heterocycles. The molecule has 3 fully saturated rings. The molecule has 10 nitrogen and oxygen atoms in total. The number of alkyl halides is 1. The van der Waals surface area contributed by atoms with Crippen LogP contribution in [0.3, 0.4) is 0 Å². The van der Waals surface area contributed by atoms with Crippen LogP contribution in [-0.2, 0) is 24.0 Å². The summed E-state index contributed by atoms with van der Waals surface area (Å²) in [4.78, 5) is 54.7. The molecule has 0 aromatic rings. The van der Waals surface area contributed by atoms with Gasteiger partial charge in [-0.05, 0) is 0 Å². The summed E-state index contributed by atoms with van der Waals surface area (Å²) in [7, 11) is 3.29. The van der Waals surface area contributed by atoms with Crippen LogP contribution in [0.15, 0.2) is 5.16 Å². The van der Waals surface area contributed by atoms with Crippen molar-refractivity contribution < 1.29 is 33.6 Å². The van der Waals surface area contributed by atoms with Crippen molar-refractivity contribution in [2.75, 3.05) is 45.4 Å². The van der Waals surface area contributed by atoms with Crippen molar-refractivity contribution >= 4 is 52.6 Å². The number of thioether (sulfide) groups is 1. The molecule has 166 valence electrons. The molecule has 30 heavy (non-hydrogen) atoms. The maximum absolute atomic E-state index is 12.7. The van der Waals surface area contributed by atoms with Gasteiger partial charge in [0.05, 0.1) is 44.6 Å². The first-order valence-electron chi connectivity index (χ1n) is 9.72. The average Bonchev–Trinajstić information content (AvgIpc) is 3.14. The van der Waals surface area contributed by atoms with Crippen LogP contribution in [0, 0.1) is 5.92 Å². The SMILES string of the molecule is CO/N=C(\C(=O)CCl)C(=O)NC1C(=O)N2C1SCC(C[N+]1(C)CCCC1)C2C(=O)[O-]. The number of nitrogens with zero attached hydrogens (tertiary/aromatic N) is 3. The summed E-state index contributed by atoms with van der Waals surface area (Å²) in [5.74, 6) is -3.60. The molecule has 1 N–H and O–H groups in total. The lowest BCUT2D eigenvalue weighted by Crippen LogP contribution is -2.77. The Morgan fingerprint density at radius 2 is 2.03 bits per heavy atom. The molecule has 0 aromatic carbocycles. The molecule has 0 radical (unpaired) electrons. The van der Waals surface area contributed by atoms with Crippen molar-refractivity contribution in [3.8, 4) is 0 Å². The van der Waals surface area contributed by atoms with E-state index in [1.807, 2.05) is 0 Å². The molecule has 3 heterocycles. The molecule has 12 heteroatoms. The number of hydrogen-bond acceptors (Lipinski definition) is 8. The fourth-order valence-electron chi connectivity index (χ4n) is 4.52. The summed E-state index contributed by atoms with van der Waals surface area (Å²) < 4.78 is 0.791. The van der Waals surface area contributed by atoms with Crippen molar-refractivity contribution in [1.29, 1.82) is 0 Å². The van der Waals surface area contributed by atoms with E-state index in [1.165, 1.54) is 23.8 Å². The second-order valence-electron chi connectivity index (χ2n) is 8.08. The standard InChI is InChI=1S/C18H25ClN4O6S/c1-23(5-3-4-6-23)8-10-9-30-17-13(16(26)22(17)14(10)18(27)28)20-15(25)12(21-29-2)11(24)7-19/h10,13-14,17H,3-9H2,1-2H3,(H-,20,25,27,28)/b21-12+. The minimum atomic E-state index is -1.28. The number of aliphatic carboxylic acids is 1. The fourth-order valence-corrected chi connectivity index (χ4v) is 6.15. The number of halogens is 1. The topological polar surface area (TPSA) is 128 Å².